The number of ether oxygens (including phenoxy) is 1. The van der Waals surface area contributed by atoms with Crippen LogP contribution in [0.15, 0.2) is 28.9 Å². The highest BCUT2D eigenvalue weighted by molar-refractivity contribution is 9.10. The highest BCUT2D eigenvalue weighted by atomic mass is 79.9. The Morgan fingerprint density at radius 3 is 3.05 bits per heavy atom. The fourth-order valence-electron chi connectivity index (χ4n) is 1.71. The minimum Gasteiger partial charge on any atom is -0.383 e. The summed E-state index contributed by atoms with van der Waals surface area (Å²) in [6, 6.07) is 4.61. The van der Waals surface area contributed by atoms with E-state index in [1.807, 2.05) is 6.20 Å². The molecule has 108 valence electrons. The van der Waals surface area contributed by atoms with Gasteiger partial charge < -0.3 is 10.1 Å². The summed E-state index contributed by atoms with van der Waals surface area (Å²) in [4.78, 5) is 0. The van der Waals surface area contributed by atoms with E-state index in [0.717, 1.165) is 22.3 Å². The van der Waals surface area contributed by atoms with Crippen molar-refractivity contribution in [2.24, 2.45) is 0 Å². The average Bonchev–Trinajstić information content (AvgIpc) is 2.86. The van der Waals surface area contributed by atoms with Gasteiger partial charge in [-0.1, -0.05) is 27.2 Å². The van der Waals surface area contributed by atoms with E-state index in [-0.39, 0.29) is 5.82 Å². The average molecular weight is 343 g/mol. The van der Waals surface area contributed by atoms with Gasteiger partial charge in [0.2, 0.25) is 0 Å². The molecule has 0 unspecified atom stereocenters. The lowest BCUT2D eigenvalue weighted by Crippen LogP contribution is -2.18. The maximum Gasteiger partial charge on any atom is 0.124 e. The normalized spacial score (nSPS) is 10.9. The second-order valence-corrected chi connectivity index (χ2v) is 5.17. The number of methoxy groups -OCH3 is 1. The SMILES string of the molecule is COCCNCc1cn(Cc2ccc(F)cc2Br)nn1. The van der Waals surface area contributed by atoms with Gasteiger partial charge >= 0.3 is 0 Å². The third kappa shape index (κ3) is 4.36. The number of hydrogen-bond acceptors (Lipinski definition) is 4. The van der Waals surface area contributed by atoms with Gasteiger partial charge in [-0.05, 0) is 17.7 Å². The summed E-state index contributed by atoms with van der Waals surface area (Å²) >= 11 is 3.34. The highest BCUT2D eigenvalue weighted by Crippen LogP contribution is 2.18. The summed E-state index contributed by atoms with van der Waals surface area (Å²) in [7, 11) is 1.67. The fraction of sp³-hybridized carbons (Fsp3) is 0.385. The zero-order valence-corrected chi connectivity index (χ0v) is 12.7. The number of nitrogens with one attached hydrogen (secondary N) is 1. The van der Waals surface area contributed by atoms with Crippen LogP contribution in [0.5, 0.6) is 0 Å². The van der Waals surface area contributed by atoms with Crippen LogP contribution in [0.1, 0.15) is 11.3 Å². The van der Waals surface area contributed by atoms with Gasteiger partial charge in [-0.15, -0.1) is 5.10 Å². The molecule has 1 heterocycles. The third-order valence-electron chi connectivity index (χ3n) is 2.72. The molecule has 0 spiro atoms. The molecule has 2 aromatic rings. The lowest BCUT2D eigenvalue weighted by Gasteiger charge is -2.04. The Labute approximate surface area is 125 Å². The van der Waals surface area contributed by atoms with Crippen LogP contribution in [0.3, 0.4) is 0 Å². The molecule has 1 aromatic carbocycles. The van der Waals surface area contributed by atoms with Crippen LogP contribution in [-0.4, -0.2) is 35.3 Å². The lowest BCUT2D eigenvalue weighted by atomic mass is 10.2. The third-order valence-corrected chi connectivity index (χ3v) is 3.46. The highest BCUT2D eigenvalue weighted by Gasteiger charge is 2.05. The topological polar surface area (TPSA) is 52.0 Å². The van der Waals surface area contributed by atoms with Crippen molar-refractivity contribution in [3.63, 3.8) is 0 Å². The van der Waals surface area contributed by atoms with E-state index in [1.54, 1.807) is 17.9 Å². The number of aromatic nitrogens is 3. The second kappa shape index (κ2) is 7.47. The van der Waals surface area contributed by atoms with Crippen LogP contribution in [0, 0.1) is 5.82 Å². The second-order valence-electron chi connectivity index (χ2n) is 4.31. The Morgan fingerprint density at radius 2 is 2.30 bits per heavy atom. The molecule has 0 aliphatic heterocycles. The van der Waals surface area contributed by atoms with Gasteiger partial charge in [0.05, 0.1) is 25.0 Å². The Morgan fingerprint density at radius 1 is 1.45 bits per heavy atom. The molecule has 7 heteroatoms. The molecule has 0 amide bonds. The molecule has 0 atom stereocenters. The summed E-state index contributed by atoms with van der Waals surface area (Å²) in [5, 5.41) is 11.3. The van der Waals surface area contributed by atoms with Crippen LogP contribution in [-0.2, 0) is 17.8 Å². The quantitative estimate of drug-likeness (QED) is 0.781. The fourth-order valence-corrected chi connectivity index (χ4v) is 2.19. The van der Waals surface area contributed by atoms with Crippen LogP contribution in [0.25, 0.3) is 0 Å². The molecule has 0 aliphatic carbocycles. The molecule has 0 saturated heterocycles. The summed E-state index contributed by atoms with van der Waals surface area (Å²) in [6.07, 6.45) is 1.87. The first kappa shape index (κ1) is 15.1. The number of rotatable bonds is 7. The number of hydrogen-bond donors (Lipinski definition) is 1. The number of halogens is 2. The molecule has 1 N–H and O–H groups in total. The maximum atomic E-state index is 13.0. The molecule has 2 rings (SSSR count). The van der Waals surface area contributed by atoms with Gasteiger partial charge in [0, 0.05) is 24.7 Å². The molecule has 5 nitrogen and oxygen atoms in total. The predicted octanol–water partition coefficient (Wildman–Crippen LogP) is 1.96. The molecular formula is C13H16BrFN4O. The van der Waals surface area contributed by atoms with Crippen molar-refractivity contribution < 1.29 is 9.13 Å². The minimum absolute atomic E-state index is 0.262. The molecule has 0 aliphatic rings. The summed E-state index contributed by atoms with van der Waals surface area (Å²) in [6.45, 7) is 2.63. The largest absolute Gasteiger partial charge is 0.383 e. The van der Waals surface area contributed by atoms with Crippen LogP contribution in [0.2, 0.25) is 0 Å². The van der Waals surface area contributed by atoms with Gasteiger partial charge in [-0.3, -0.25) is 0 Å². The van der Waals surface area contributed by atoms with E-state index < -0.39 is 0 Å². The van der Waals surface area contributed by atoms with Crippen molar-refractivity contribution in [1.29, 1.82) is 0 Å². The molecule has 0 saturated carbocycles. The van der Waals surface area contributed by atoms with Crippen molar-refractivity contribution in [3.8, 4) is 0 Å². The van der Waals surface area contributed by atoms with E-state index >= 15 is 0 Å². The van der Waals surface area contributed by atoms with Crippen molar-refractivity contribution in [2.45, 2.75) is 13.1 Å². The summed E-state index contributed by atoms with van der Waals surface area (Å²) in [5.74, 6) is -0.262. The minimum atomic E-state index is -0.262. The van der Waals surface area contributed by atoms with Crippen molar-refractivity contribution in [3.05, 3.63) is 45.9 Å². The van der Waals surface area contributed by atoms with E-state index in [9.17, 15) is 4.39 Å². The Balaban J connectivity index is 1.92. The molecule has 0 bridgehead atoms. The van der Waals surface area contributed by atoms with E-state index in [2.05, 4.69) is 31.6 Å². The molecule has 20 heavy (non-hydrogen) atoms. The Kier molecular flexibility index (Phi) is 5.63. The number of benzene rings is 1. The van der Waals surface area contributed by atoms with E-state index in [0.29, 0.717) is 19.7 Å². The predicted molar refractivity (Wildman–Crippen MR) is 76.8 cm³/mol. The van der Waals surface area contributed by atoms with Crippen LogP contribution >= 0.6 is 15.9 Å². The standard InChI is InChI=1S/C13H16BrFN4O/c1-20-5-4-16-7-12-9-19(18-17-12)8-10-2-3-11(15)6-13(10)14/h2-3,6,9,16H,4-5,7-8H2,1H3. The van der Waals surface area contributed by atoms with Crippen molar-refractivity contribution in [1.82, 2.24) is 20.3 Å². The van der Waals surface area contributed by atoms with Crippen LogP contribution < -0.4 is 5.32 Å². The van der Waals surface area contributed by atoms with E-state index in [1.165, 1.54) is 12.1 Å². The first-order valence-corrected chi connectivity index (χ1v) is 7.01. The molecule has 1 aromatic heterocycles. The van der Waals surface area contributed by atoms with Gasteiger partial charge in [0.15, 0.2) is 0 Å². The molecule has 0 fully saturated rings. The lowest BCUT2D eigenvalue weighted by molar-refractivity contribution is 0.199. The number of nitrogens with zero attached hydrogens (tertiary/aromatic N) is 3. The molecular weight excluding hydrogens is 327 g/mol. The maximum absolute atomic E-state index is 13.0. The zero-order valence-electron chi connectivity index (χ0n) is 11.1. The summed E-state index contributed by atoms with van der Waals surface area (Å²) in [5.41, 5.74) is 1.81. The van der Waals surface area contributed by atoms with Crippen molar-refractivity contribution in [2.75, 3.05) is 20.3 Å². The van der Waals surface area contributed by atoms with Gasteiger partial charge in [0.25, 0.3) is 0 Å². The first-order chi connectivity index (χ1) is 9.69. The Hall–Kier alpha value is -1.31. The Bertz CT molecular complexity index is 561. The summed E-state index contributed by atoms with van der Waals surface area (Å²) < 4.78 is 20.4. The zero-order chi connectivity index (χ0) is 14.4. The van der Waals surface area contributed by atoms with Gasteiger partial charge in [-0.2, -0.15) is 0 Å². The van der Waals surface area contributed by atoms with Gasteiger partial charge in [-0.25, -0.2) is 9.07 Å². The first-order valence-electron chi connectivity index (χ1n) is 6.21. The van der Waals surface area contributed by atoms with E-state index in [4.69, 9.17) is 4.74 Å². The monoisotopic (exact) mass is 342 g/mol. The van der Waals surface area contributed by atoms with Gasteiger partial charge in [0.1, 0.15) is 5.82 Å². The smallest absolute Gasteiger partial charge is 0.124 e. The van der Waals surface area contributed by atoms with Crippen molar-refractivity contribution >= 4 is 15.9 Å². The van der Waals surface area contributed by atoms with Crippen LogP contribution in [0.4, 0.5) is 4.39 Å². The molecule has 0 radical (unpaired) electrons.